The number of rotatable bonds is 2. The molecule has 0 aromatic rings. The standard InChI is InChI=1S/C7H12O5/c1-10-7-6-5(12-6)4(9)3(2-8)11-7/h3-9H,2H2,1H3/t3-,4-,5+,6+,7+/m1/s1. The number of ether oxygens (including phenoxy) is 3. The fourth-order valence-electron chi connectivity index (χ4n) is 1.51. The minimum Gasteiger partial charge on any atom is -0.394 e. The highest BCUT2D eigenvalue weighted by Gasteiger charge is 2.57. The highest BCUT2D eigenvalue weighted by Crippen LogP contribution is 2.37. The van der Waals surface area contributed by atoms with Crippen molar-refractivity contribution in [2.24, 2.45) is 0 Å². The van der Waals surface area contributed by atoms with Gasteiger partial charge in [-0.3, -0.25) is 0 Å². The zero-order valence-corrected chi connectivity index (χ0v) is 6.71. The van der Waals surface area contributed by atoms with E-state index in [-0.39, 0.29) is 18.8 Å². The molecule has 0 amide bonds. The molecule has 2 aliphatic rings. The highest BCUT2D eigenvalue weighted by molar-refractivity contribution is 5.00. The molecule has 5 nitrogen and oxygen atoms in total. The first-order chi connectivity index (χ1) is 5.77. The number of hydrogen-bond donors (Lipinski definition) is 2. The Kier molecular flexibility index (Phi) is 2.05. The lowest BCUT2D eigenvalue weighted by Gasteiger charge is -2.28. The van der Waals surface area contributed by atoms with Crippen LogP contribution in [0.15, 0.2) is 0 Å². The number of epoxide rings is 1. The molecule has 2 saturated heterocycles. The van der Waals surface area contributed by atoms with Gasteiger partial charge in [-0.15, -0.1) is 0 Å². The maximum absolute atomic E-state index is 9.43. The molecule has 0 bridgehead atoms. The second-order valence-electron chi connectivity index (χ2n) is 3.02. The van der Waals surface area contributed by atoms with Crippen molar-refractivity contribution in [2.45, 2.75) is 30.7 Å². The van der Waals surface area contributed by atoms with Crippen molar-refractivity contribution in [1.29, 1.82) is 0 Å². The molecule has 0 radical (unpaired) electrons. The second kappa shape index (κ2) is 2.93. The van der Waals surface area contributed by atoms with Gasteiger partial charge in [-0.25, -0.2) is 0 Å². The van der Waals surface area contributed by atoms with Crippen LogP contribution >= 0.6 is 0 Å². The van der Waals surface area contributed by atoms with Gasteiger partial charge in [0.05, 0.1) is 6.61 Å². The molecule has 5 atom stereocenters. The normalized spacial score (nSPS) is 51.8. The lowest BCUT2D eigenvalue weighted by atomic mass is 10.1. The molecule has 2 heterocycles. The van der Waals surface area contributed by atoms with Crippen molar-refractivity contribution >= 4 is 0 Å². The number of fused-ring (bicyclic) bond motifs is 1. The van der Waals surface area contributed by atoms with E-state index in [9.17, 15) is 5.11 Å². The summed E-state index contributed by atoms with van der Waals surface area (Å²) in [4.78, 5) is 0. The van der Waals surface area contributed by atoms with E-state index >= 15 is 0 Å². The van der Waals surface area contributed by atoms with E-state index in [0.29, 0.717) is 0 Å². The molecule has 0 saturated carbocycles. The van der Waals surface area contributed by atoms with Crippen molar-refractivity contribution in [3.8, 4) is 0 Å². The summed E-state index contributed by atoms with van der Waals surface area (Å²) < 4.78 is 15.3. The third-order valence-electron chi connectivity index (χ3n) is 2.27. The maximum atomic E-state index is 9.43. The summed E-state index contributed by atoms with van der Waals surface area (Å²) >= 11 is 0. The van der Waals surface area contributed by atoms with Crippen LogP contribution < -0.4 is 0 Å². The van der Waals surface area contributed by atoms with Crippen LogP contribution in [0.25, 0.3) is 0 Å². The first-order valence-electron chi connectivity index (χ1n) is 3.90. The van der Waals surface area contributed by atoms with Crippen LogP contribution in [-0.2, 0) is 14.2 Å². The van der Waals surface area contributed by atoms with E-state index in [1.165, 1.54) is 7.11 Å². The van der Waals surface area contributed by atoms with E-state index in [4.69, 9.17) is 19.3 Å². The van der Waals surface area contributed by atoms with Crippen molar-refractivity contribution in [1.82, 2.24) is 0 Å². The van der Waals surface area contributed by atoms with Crippen molar-refractivity contribution in [3.63, 3.8) is 0 Å². The van der Waals surface area contributed by atoms with Gasteiger partial charge in [0.25, 0.3) is 0 Å². The zero-order valence-electron chi connectivity index (χ0n) is 6.71. The Morgan fingerprint density at radius 3 is 2.67 bits per heavy atom. The summed E-state index contributed by atoms with van der Waals surface area (Å²) in [6.45, 7) is -0.215. The Morgan fingerprint density at radius 1 is 1.33 bits per heavy atom. The summed E-state index contributed by atoms with van der Waals surface area (Å²) in [5.74, 6) is 0. The van der Waals surface area contributed by atoms with Crippen molar-refractivity contribution in [3.05, 3.63) is 0 Å². The summed E-state index contributed by atoms with van der Waals surface area (Å²) in [6, 6.07) is 0. The topological polar surface area (TPSA) is 71.5 Å². The smallest absolute Gasteiger partial charge is 0.186 e. The largest absolute Gasteiger partial charge is 0.394 e. The molecular weight excluding hydrogens is 164 g/mol. The molecule has 0 aromatic heterocycles. The predicted octanol–water partition coefficient (Wildman–Crippen LogP) is -1.52. The lowest BCUT2D eigenvalue weighted by Crippen LogP contribution is -2.47. The van der Waals surface area contributed by atoms with Gasteiger partial charge in [0.2, 0.25) is 0 Å². The second-order valence-corrected chi connectivity index (χ2v) is 3.02. The van der Waals surface area contributed by atoms with Gasteiger partial charge in [0, 0.05) is 7.11 Å². The third-order valence-corrected chi connectivity index (χ3v) is 2.27. The zero-order chi connectivity index (χ0) is 8.72. The summed E-state index contributed by atoms with van der Waals surface area (Å²) in [5, 5.41) is 18.2. The van der Waals surface area contributed by atoms with Crippen LogP contribution in [0.1, 0.15) is 0 Å². The predicted molar refractivity (Wildman–Crippen MR) is 37.4 cm³/mol. The van der Waals surface area contributed by atoms with Crippen LogP contribution in [0.2, 0.25) is 0 Å². The van der Waals surface area contributed by atoms with Crippen molar-refractivity contribution in [2.75, 3.05) is 13.7 Å². The Morgan fingerprint density at radius 2 is 2.08 bits per heavy atom. The van der Waals surface area contributed by atoms with Crippen LogP contribution in [0.5, 0.6) is 0 Å². The molecule has 2 N–H and O–H groups in total. The van der Waals surface area contributed by atoms with Crippen LogP contribution in [0.4, 0.5) is 0 Å². The van der Waals surface area contributed by atoms with Gasteiger partial charge in [-0.2, -0.15) is 0 Å². The first kappa shape index (κ1) is 8.40. The molecule has 0 aliphatic carbocycles. The van der Waals surface area contributed by atoms with E-state index in [1.807, 2.05) is 0 Å². The Hall–Kier alpha value is -0.200. The molecule has 2 rings (SSSR count). The molecule has 0 spiro atoms. The molecule has 0 unspecified atom stereocenters. The van der Waals surface area contributed by atoms with E-state index in [1.54, 1.807) is 0 Å². The van der Waals surface area contributed by atoms with E-state index in [0.717, 1.165) is 0 Å². The van der Waals surface area contributed by atoms with Gasteiger partial charge >= 0.3 is 0 Å². The average molecular weight is 176 g/mol. The fourth-order valence-corrected chi connectivity index (χ4v) is 1.51. The molecule has 2 fully saturated rings. The van der Waals surface area contributed by atoms with Crippen molar-refractivity contribution < 1.29 is 24.4 Å². The third kappa shape index (κ3) is 1.14. The first-order valence-corrected chi connectivity index (χ1v) is 3.90. The summed E-state index contributed by atoms with van der Waals surface area (Å²) in [7, 11) is 1.51. The monoisotopic (exact) mass is 176 g/mol. The van der Waals surface area contributed by atoms with Gasteiger partial charge in [0.1, 0.15) is 24.4 Å². The minimum absolute atomic E-state index is 0.159. The molecule has 5 heteroatoms. The molecular formula is C7H12O5. The quantitative estimate of drug-likeness (QED) is 0.500. The van der Waals surface area contributed by atoms with Crippen LogP contribution in [-0.4, -0.2) is 54.6 Å². The summed E-state index contributed by atoms with van der Waals surface area (Å²) in [6.07, 6.45) is -2.14. The van der Waals surface area contributed by atoms with E-state index < -0.39 is 18.5 Å². The number of methoxy groups -OCH3 is 1. The van der Waals surface area contributed by atoms with Crippen LogP contribution in [0.3, 0.4) is 0 Å². The summed E-state index contributed by atoms with van der Waals surface area (Å²) in [5.41, 5.74) is 0. The number of hydrogen-bond acceptors (Lipinski definition) is 5. The van der Waals surface area contributed by atoms with Gasteiger partial charge in [0.15, 0.2) is 6.29 Å². The average Bonchev–Trinajstić information content (AvgIpc) is 2.85. The van der Waals surface area contributed by atoms with E-state index in [2.05, 4.69) is 0 Å². The van der Waals surface area contributed by atoms with Crippen LogP contribution in [0, 0.1) is 0 Å². The molecule has 0 aromatic carbocycles. The Bertz CT molecular complexity index is 173. The SMILES string of the molecule is CO[C@H]1O[C@H](CO)[C@@H](O)[C@@H]2O[C@H]12. The lowest BCUT2D eigenvalue weighted by molar-refractivity contribution is -0.207. The van der Waals surface area contributed by atoms with Gasteiger partial charge in [-0.1, -0.05) is 0 Å². The Balaban J connectivity index is 2.01. The number of aliphatic hydroxyl groups excluding tert-OH is 2. The van der Waals surface area contributed by atoms with Gasteiger partial charge < -0.3 is 24.4 Å². The Labute approximate surface area is 69.8 Å². The minimum atomic E-state index is -0.730. The molecule has 70 valence electrons. The molecule has 12 heavy (non-hydrogen) atoms. The fraction of sp³-hybridized carbons (Fsp3) is 1.00. The maximum Gasteiger partial charge on any atom is 0.186 e. The molecule has 2 aliphatic heterocycles. The van der Waals surface area contributed by atoms with Gasteiger partial charge in [-0.05, 0) is 0 Å². The number of aliphatic hydroxyl groups is 2. The highest BCUT2D eigenvalue weighted by atomic mass is 16.7.